The fourth-order valence-corrected chi connectivity index (χ4v) is 3.56. The highest BCUT2D eigenvalue weighted by Gasteiger charge is 2.23. The van der Waals surface area contributed by atoms with Gasteiger partial charge in [0.1, 0.15) is 6.04 Å². The maximum Gasteiger partial charge on any atom is 0.324 e. The Labute approximate surface area is 173 Å². The van der Waals surface area contributed by atoms with Crippen LogP contribution in [0.3, 0.4) is 0 Å². The van der Waals surface area contributed by atoms with Crippen LogP contribution in [0, 0.1) is 0 Å². The molecule has 0 heterocycles. The third kappa shape index (κ3) is 6.67. The molecule has 0 bridgehead atoms. The van der Waals surface area contributed by atoms with Gasteiger partial charge in [-0.2, -0.15) is 4.72 Å². The fraction of sp³-hybridized carbons (Fsp3) is 0.211. The molecule has 0 fully saturated rings. The van der Waals surface area contributed by atoms with E-state index in [1.54, 1.807) is 18.2 Å². The summed E-state index contributed by atoms with van der Waals surface area (Å²) < 4.78 is 31.5. The van der Waals surface area contributed by atoms with Crippen molar-refractivity contribution in [1.29, 1.82) is 0 Å². The molecule has 29 heavy (non-hydrogen) atoms. The van der Waals surface area contributed by atoms with E-state index in [-0.39, 0.29) is 10.7 Å². The van der Waals surface area contributed by atoms with Gasteiger partial charge in [-0.3, -0.25) is 14.4 Å². The summed E-state index contributed by atoms with van der Waals surface area (Å²) in [5.41, 5.74) is 0.792. The Morgan fingerprint density at radius 3 is 2.38 bits per heavy atom. The lowest BCUT2D eigenvalue weighted by atomic mass is 10.1. The SMILES string of the molecule is CC(=O)c1cccc(NC(=O)COC(=O)[C@H](C)NS(=O)(=O)c2ccc(Cl)cc2)c1. The number of ketones is 1. The molecule has 8 nitrogen and oxygen atoms in total. The van der Waals surface area contributed by atoms with Gasteiger partial charge in [0, 0.05) is 16.3 Å². The van der Waals surface area contributed by atoms with E-state index in [4.69, 9.17) is 16.3 Å². The summed E-state index contributed by atoms with van der Waals surface area (Å²) in [5, 5.41) is 2.86. The number of hydrogen-bond donors (Lipinski definition) is 2. The van der Waals surface area contributed by atoms with Crippen LogP contribution < -0.4 is 10.0 Å². The van der Waals surface area contributed by atoms with E-state index in [1.165, 1.54) is 44.2 Å². The number of amides is 1. The molecule has 0 spiro atoms. The number of rotatable bonds is 8. The van der Waals surface area contributed by atoms with Crippen molar-refractivity contribution in [3.05, 3.63) is 59.1 Å². The number of anilines is 1. The van der Waals surface area contributed by atoms with Gasteiger partial charge in [-0.25, -0.2) is 8.42 Å². The molecule has 0 saturated heterocycles. The molecule has 0 aliphatic heterocycles. The topological polar surface area (TPSA) is 119 Å². The van der Waals surface area contributed by atoms with Crippen molar-refractivity contribution in [2.75, 3.05) is 11.9 Å². The Morgan fingerprint density at radius 2 is 1.76 bits per heavy atom. The Kier molecular flexibility index (Phi) is 7.49. The second-order valence-electron chi connectivity index (χ2n) is 6.09. The number of nitrogens with one attached hydrogen (secondary N) is 2. The normalized spacial score (nSPS) is 12.1. The molecule has 1 atom stereocenters. The van der Waals surface area contributed by atoms with Crippen LogP contribution in [0.25, 0.3) is 0 Å². The lowest BCUT2D eigenvalue weighted by Crippen LogP contribution is -2.40. The minimum atomic E-state index is -3.96. The van der Waals surface area contributed by atoms with Crippen LogP contribution in [0.4, 0.5) is 5.69 Å². The van der Waals surface area contributed by atoms with E-state index in [2.05, 4.69) is 10.0 Å². The first kappa shape index (κ1) is 22.5. The van der Waals surface area contributed by atoms with Gasteiger partial charge in [0.05, 0.1) is 4.90 Å². The van der Waals surface area contributed by atoms with Crippen molar-refractivity contribution in [2.45, 2.75) is 24.8 Å². The number of ether oxygens (including phenoxy) is 1. The van der Waals surface area contributed by atoms with E-state index >= 15 is 0 Å². The Bertz CT molecular complexity index is 1020. The molecule has 0 aliphatic carbocycles. The maximum absolute atomic E-state index is 12.3. The summed E-state index contributed by atoms with van der Waals surface area (Å²) in [6.45, 7) is 2.08. The number of hydrogen-bond acceptors (Lipinski definition) is 6. The molecule has 0 aliphatic rings. The first-order chi connectivity index (χ1) is 13.6. The second-order valence-corrected chi connectivity index (χ2v) is 8.24. The van der Waals surface area contributed by atoms with Crippen molar-refractivity contribution in [3.8, 4) is 0 Å². The zero-order valence-corrected chi connectivity index (χ0v) is 17.2. The summed E-state index contributed by atoms with van der Waals surface area (Å²) in [6.07, 6.45) is 0. The third-order valence-corrected chi connectivity index (χ3v) is 5.52. The Hall–Kier alpha value is -2.75. The molecule has 10 heteroatoms. The molecular weight excluding hydrogens is 420 g/mol. The Morgan fingerprint density at radius 1 is 1.10 bits per heavy atom. The number of carbonyl (C=O) groups is 3. The van der Waals surface area contributed by atoms with Gasteiger partial charge in [0.25, 0.3) is 5.91 Å². The van der Waals surface area contributed by atoms with Gasteiger partial charge in [-0.15, -0.1) is 0 Å². The molecule has 2 aromatic carbocycles. The lowest BCUT2D eigenvalue weighted by molar-refractivity contribution is -0.148. The summed E-state index contributed by atoms with van der Waals surface area (Å²) >= 11 is 5.73. The van der Waals surface area contributed by atoms with Crippen LogP contribution in [0.15, 0.2) is 53.4 Å². The number of benzene rings is 2. The molecule has 0 radical (unpaired) electrons. The molecule has 1 amide bonds. The molecule has 154 valence electrons. The zero-order chi connectivity index (χ0) is 21.6. The largest absolute Gasteiger partial charge is 0.454 e. The van der Waals surface area contributed by atoms with E-state index in [0.29, 0.717) is 16.3 Å². The van der Waals surface area contributed by atoms with Crippen LogP contribution in [-0.2, 0) is 24.3 Å². The van der Waals surface area contributed by atoms with Crippen LogP contribution in [0.5, 0.6) is 0 Å². The van der Waals surface area contributed by atoms with Crippen LogP contribution in [-0.4, -0.2) is 38.7 Å². The van der Waals surface area contributed by atoms with Gasteiger partial charge in [0.15, 0.2) is 12.4 Å². The van der Waals surface area contributed by atoms with Crippen LogP contribution >= 0.6 is 11.6 Å². The average Bonchev–Trinajstić information content (AvgIpc) is 2.66. The van der Waals surface area contributed by atoms with E-state index in [0.717, 1.165) is 0 Å². The smallest absolute Gasteiger partial charge is 0.324 e. The first-order valence-electron chi connectivity index (χ1n) is 8.44. The monoisotopic (exact) mass is 438 g/mol. The van der Waals surface area contributed by atoms with Gasteiger partial charge < -0.3 is 10.1 Å². The first-order valence-corrected chi connectivity index (χ1v) is 10.3. The maximum atomic E-state index is 12.3. The van der Waals surface area contributed by atoms with Crippen LogP contribution in [0.1, 0.15) is 24.2 Å². The fourth-order valence-electron chi connectivity index (χ4n) is 2.24. The summed E-state index contributed by atoms with van der Waals surface area (Å²) in [7, 11) is -3.96. The minimum absolute atomic E-state index is 0.0651. The average molecular weight is 439 g/mol. The molecule has 2 rings (SSSR count). The van der Waals surface area contributed by atoms with Crippen molar-refractivity contribution in [1.82, 2.24) is 4.72 Å². The van der Waals surface area contributed by atoms with Crippen molar-refractivity contribution in [2.24, 2.45) is 0 Å². The van der Waals surface area contributed by atoms with E-state index in [9.17, 15) is 22.8 Å². The summed E-state index contributed by atoms with van der Waals surface area (Å²) in [4.78, 5) is 35.2. The van der Waals surface area contributed by atoms with Gasteiger partial charge in [-0.05, 0) is 50.2 Å². The third-order valence-electron chi connectivity index (χ3n) is 3.71. The number of Topliss-reactive ketones (excluding diaryl/α,β-unsaturated/α-hetero) is 1. The lowest BCUT2D eigenvalue weighted by Gasteiger charge is -2.14. The second kappa shape index (κ2) is 9.64. The molecule has 0 unspecified atom stereocenters. The highest BCUT2D eigenvalue weighted by Crippen LogP contribution is 2.14. The predicted octanol–water partition coefficient (Wildman–Crippen LogP) is 2.39. The molecule has 0 saturated carbocycles. The quantitative estimate of drug-likeness (QED) is 0.482. The van der Waals surface area contributed by atoms with Gasteiger partial charge in [-0.1, -0.05) is 23.7 Å². The molecule has 0 aromatic heterocycles. The summed E-state index contributed by atoms with van der Waals surface area (Å²) in [5.74, 6) is -1.71. The highest BCUT2D eigenvalue weighted by molar-refractivity contribution is 7.89. The van der Waals surface area contributed by atoms with Crippen molar-refractivity contribution >= 4 is 45.0 Å². The van der Waals surface area contributed by atoms with Crippen molar-refractivity contribution in [3.63, 3.8) is 0 Å². The standard InChI is InChI=1S/C19H19ClN2O6S/c1-12(22-29(26,27)17-8-6-15(20)7-9-17)19(25)28-11-18(24)21-16-5-3-4-14(10-16)13(2)23/h3-10,12,22H,11H2,1-2H3,(H,21,24)/t12-/m0/s1. The van der Waals surface area contributed by atoms with Crippen LogP contribution in [0.2, 0.25) is 5.02 Å². The van der Waals surface area contributed by atoms with Crippen molar-refractivity contribution < 1.29 is 27.5 Å². The predicted molar refractivity (Wildman–Crippen MR) is 107 cm³/mol. The molecular formula is C19H19ClN2O6S. The minimum Gasteiger partial charge on any atom is -0.454 e. The van der Waals surface area contributed by atoms with E-state index < -0.39 is 34.5 Å². The van der Waals surface area contributed by atoms with E-state index in [1.807, 2.05) is 0 Å². The number of carbonyl (C=O) groups excluding carboxylic acids is 3. The zero-order valence-electron chi connectivity index (χ0n) is 15.6. The van der Waals surface area contributed by atoms with Gasteiger partial charge >= 0.3 is 5.97 Å². The van der Waals surface area contributed by atoms with Gasteiger partial charge in [0.2, 0.25) is 10.0 Å². The Balaban J connectivity index is 1.89. The number of halogens is 1. The number of esters is 1. The molecule has 2 N–H and O–H groups in total. The highest BCUT2D eigenvalue weighted by atomic mass is 35.5. The number of sulfonamides is 1. The summed E-state index contributed by atoms with van der Waals surface area (Å²) in [6, 6.07) is 10.5. The molecule has 2 aromatic rings.